The van der Waals surface area contributed by atoms with E-state index in [0.717, 1.165) is 16.8 Å². The van der Waals surface area contributed by atoms with Gasteiger partial charge in [0.25, 0.3) is 0 Å². The van der Waals surface area contributed by atoms with E-state index >= 15 is 0 Å². The summed E-state index contributed by atoms with van der Waals surface area (Å²) in [6, 6.07) is 12.9. The normalized spacial score (nSPS) is 10.2. The lowest BCUT2D eigenvalue weighted by molar-refractivity contribution is 0.623. The van der Waals surface area contributed by atoms with E-state index in [1.54, 1.807) is 12.1 Å². The third-order valence-corrected chi connectivity index (χ3v) is 2.88. The maximum atomic E-state index is 13.7. The second-order valence-corrected chi connectivity index (χ2v) is 4.40. The van der Waals surface area contributed by atoms with Crippen LogP contribution in [0.5, 0.6) is 0 Å². The van der Waals surface area contributed by atoms with Crippen LogP contribution in [0.1, 0.15) is 16.7 Å². The fraction of sp³-hybridized carbons (Fsp3) is 0.125. The molecule has 0 unspecified atom stereocenters. The first kappa shape index (κ1) is 12.4. The fourth-order valence-electron chi connectivity index (χ4n) is 1.81. The van der Waals surface area contributed by atoms with Crippen LogP contribution in [-0.2, 0) is 0 Å². The molecule has 0 spiro atoms. The van der Waals surface area contributed by atoms with Crippen LogP contribution < -0.4 is 5.32 Å². The summed E-state index contributed by atoms with van der Waals surface area (Å²) in [5.41, 5.74) is 4.15. The number of hydrogen-bond acceptors (Lipinski definition) is 1. The van der Waals surface area contributed by atoms with Crippen molar-refractivity contribution in [1.29, 1.82) is 0 Å². The summed E-state index contributed by atoms with van der Waals surface area (Å²) < 4.78 is 13.7. The molecule has 0 fully saturated rings. The molecule has 2 aromatic rings. The second-order valence-electron chi connectivity index (χ2n) is 4.40. The number of nitrogens with one attached hydrogen (secondary N) is 1. The van der Waals surface area contributed by atoms with Gasteiger partial charge in [0.05, 0.1) is 0 Å². The van der Waals surface area contributed by atoms with E-state index in [9.17, 15) is 4.39 Å². The molecule has 0 heterocycles. The monoisotopic (exact) mass is 241 g/mol. The third-order valence-electron chi connectivity index (χ3n) is 2.88. The lowest BCUT2D eigenvalue weighted by atomic mass is 10.1. The van der Waals surface area contributed by atoms with Crippen LogP contribution >= 0.6 is 0 Å². The fourth-order valence-corrected chi connectivity index (χ4v) is 1.81. The van der Waals surface area contributed by atoms with Crippen LogP contribution in [-0.4, -0.2) is 0 Å². The van der Waals surface area contributed by atoms with Crippen molar-refractivity contribution in [2.75, 3.05) is 5.32 Å². The Balaban J connectivity index is 2.28. The van der Waals surface area contributed by atoms with Crippen molar-refractivity contribution in [2.24, 2.45) is 0 Å². The predicted molar refractivity (Wildman–Crippen MR) is 75.0 cm³/mol. The Morgan fingerprint density at radius 2 is 1.83 bits per heavy atom. The van der Waals surface area contributed by atoms with Crippen molar-refractivity contribution in [3.8, 4) is 0 Å². The molecule has 2 rings (SSSR count). The Labute approximate surface area is 107 Å². The standard InChI is InChI=1S/C16H16FN/c1-11-8-9-15(17)14(10-11)13(3)18-16-7-5-4-6-12(16)2/h4-10,18H,3H2,1-2H3. The first-order valence-electron chi connectivity index (χ1n) is 5.86. The summed E-state index contributed by atoms with van der Waals surface area (Å²) in [7, 11) is 0. The molecule has 92 valence electrons. The van der Waals surface area contributed by atoms with Gasteiger partial charge in [0.1, 0.15) is 5.82 Å². The van der Waals surface area contributed by atoms with Gasteiger partial charge >= 0.3 is 0 Å². The van der Waals surface area contributed by atoms with E-state index in [1.807, 2.05) is 38.1 Å². The summed E-state index contributed by atoms with van der Waals surface area (Å²) in [5, 5.41) is 3.16. The lowest BCUT2D eigenvalue weighted by Crippen LogP contribution is -2.01. The highest BCUT2D eigenvalue weighted by Gasteiger charge is 2.07. The number of benzene rings is 2. The Hall–Kier alpha value is -2.09. The first-order valence-corrected chi connectivity index (χ1v) is 5.86. The molecule has 0 aliphatic rings. The topological polar surface area (TPSA) is 12.0 Å². The number of hydrogen-bond donors (Lipinski definition) is 1. The van der Waals surface area contributed by atoms with Crippen LogP contribution in [0.2, 0.25) is 0 Å². The Morgan fingerprint density at radius 1 is 1.11 bits per heavy atom. The van der Waals surface area contributed by atoms with Gasteiger partial charge in [0, 0.05) is 16.9 Å². The zero-order chi connectivity index (χ0) is 13.1. The van der Waals surface area contributed by atoms with Crippen LogP contribution in [0.25, 0.3) is 5.70 Å². The van der Waals surface area contributed by atoms with Crippen molar-refractivity contribution in [2.45, 2.75) is 13.8 Å². The van der Waals surface area contributed by atoms with Gasteiger partial charge in [-0.3, -0.25) is 0 Å². The molecule has 0 amide bonds. The largest absolute Gasteiger partial charge is 0.355 e. The van der Waals surface area contributed by atoms with Gasteiger partial charge in [-0.05, 0) is 37.6 Å². The van der Waals surface area contributed by atoms with Crippen LogP contribution in [0.15, 0.2) is 49.0 Å². The number of rotatable bonds is 3. The van der Waals surface area contributed by atoms with Crippen molar-refractivity contribution in [3.05, 3.63) is 71.6 Å². The molecule has 0 aliphatic carbocycles. The maximum Gasteiger partial charge on any atom is 0.132 e. The average molecular weight is 241 g/mol. The van der Waals surface area contributed by atoms with Gasteiger partial charge in [-0.15, -0.1) is 0 Å². The molecule has 0 saturated carbocycles. The highest BCUT2D eigenvalue weighted by Crippen LogP contribution is 2.22. The van der Waals surface area contributed by atoms with E-state index in [2.05, 4.69) is 11.9 Å². The molecule has 0 atom stereocenters. The minimum absolute atomic E-state index is 0.258. The molecule has 0 radical (unpaired) electrons. The zero-order valence-corrected chi connectivity index (χ0v) is 10.6. The molecule has 0 saturated heterocycles. The van der Waals surface area contributed by atoms with Crippen molar-refractivity contribution in [1.82, 2.24) is 0 Å². The molecular formula is C16H16FN. The first-order chi connectivity index (χ1) is 8.58. The minimum atomic E-state index is -0.258. The highest BCUT2D eigenvalue weighted by atomic mass is 19.1. The van der Waals surface area contributed by atoms with Gasteiger partial charge in [0.15, 0.2) is 0 Å². The maximum absolute atomic E-state index is 13.7. The summed E-state index contributed by atoms with van der Waals surface area (Å²) in [6.07, 6.45) is 0. The molecular weight excluding hydrogens is 225 g/mol. The number of para-hydroxylation sites is 1. The molecule has 1 nitrogen and oxygen atoms in total. The van der Waals surface area contributed by atoms with Gasteiger partial charge < -0.3 is 5.32 Å². The Morgan fingerprint density at radius 3 is 2.56 bits per heavy atom. The average Bonchev–Trinajstić information content (AvgIpc) is 2.35. The molecule has 1 N–H and O–H groups in total. The molecule has 18 heavy (non-hydrogen) atoms. The van der Waals surface area contributed by atoms with E-state index in [-0.39, 0.29) is 5.82 Å². The van der Waals surface area contributed by atoms with Crippen LogP contribution in [0.3, 0.4) is 0 Å². The molecule has 2 aromatic carbocycles. The molecule has 0 aliphatic heterocycles. The van der Waals surface area contributed by atoms with Crippen LogP contribution in [0, 0.1) is 19.7 Å². The quantitative estimate of drug-likeness (QED) is 0.832. The number of anilines is 1. The summed E-state index contributed by atoms with van der Waals surface area (Å²) in [4.78, 5) is 0. The van der Waals surface area contributed by atoms with Gasteiger partial charge in [-0.2, -0.15) is 0 Å². The van der Waals surface area contributed by atoms with E-state index in [4.69, 9.17) is 0 Å². The van der Waals surface area contributed by atoms with E-state index in [1.165, 1.54) is 6.07 Å². The Bertz CT molecular complexity index is 587. The van der Waals surface area contributed by atoms with Gasteiger partial charge in [0.2, 0.25) is 0 Å². The predicted octanol–water partition coefficient (Wildman–Crippen LogP) is 4.53. The van der Waals surface area contributed by atoms with E-state index in [0.29, 0.717) is 11.3 Å². The third kappa shape index (κ3) is 2.59. The lowest BCUT2D eigenvalue weighted by Gasteiger charge is -2.13. The Kier molecular flexibility index (Phi) is 3.47. The summed E-state index contributed by atoms with van der Waals surface area (Å²) in [5.74, 6) is -0.258. The number of aryl methyl sites for hydroxylation is 2. The summed E-state index contributed by atoms with van der Waals surface area (Å²) in [6.45, 7) is 7.85. The molecule has 2 heteroatoms. The zero-order valence-electron chi connectivity index (χ0n) is 10.6. The van der Waals surface area contributed by atoms with Gasteiger partial charge in [-0.1, -0.05) is 36.4 Å². The smallest absolute Gasteiger partial charge is 0.132 e. The minimum Gasteiger partial charge on any atom is -0.355 e. The SMILES string of the molecule is C=C(Nc1ccccc1C)c1cc(C)ccc1F. The van der Waals surface area contributed by atoms with Crippen molar-refractivity contribution in [3.63, 3.8) is 0 Å². The van der Waals surface area contributed by atoms with Crippen molar-refractivity contribution < 1.29 is 4.39 Å². The molecule has 0 bridgehead atoms. The highest BCUT2D eigenvalue weighted by molar-refractivity contribution is 5.76. The van der Waals surface area contributed by atoms with Crippen molar-refractivity contribution >= 4 is 11.4 Å². The number of halogens is 1. The van der Waals surface area contributed by atoms with Crippen LogP contribution in [0.4, 0.5) is 10.1 Å². The second kappa shape index (κ2) is 5.05. The van der Waals surface area contributed by atoms with Gasteiger partial charge in [-0.25, -0.2) is 4.39 Å². The summed E-state index contributed by atoms with van der Waals surface area (Å²) >= 11 is 0. The molecule has 0 aromatic heterocycles. The van der Waals surface area contributed by atoms with E-state index < -0.39 is 0 Å².